The third kappa shape index (κ3) is 2.95. The number of rotatable bonds is 2. The smallest absolute Gasteiger partial charge is 0.188 e. The van der Waals surface area contributed by atoms with E-state index in [0.717, 1.165) is 21.0 Å². The number of hydrogen-bond acceptors (Lipinski definition) is 3. The average molecular weight is 330 g/mol. The number of hydrogen-bond donors (Lipinski definition) is 1. The van der Waals surface area contributed by atoms with Crippen LogP contribution in [0.3, 0.4) is 0 Å². The number of aromatic nitrogens is 1. The molecule has 19 heavy (non-hydrogen) atoms. The van der Waals surface area contributed by atoms with Crippen LogP contribution in [0.2, 0.25) is 15.1 Å². The van der Waals surface area contributed by atoms with E-state index in [4.69, 9.17) is 34.8 Å². The quantitative estimate of drug-likeness (QED) is 0.623. The van der Waals surface area contributed by atoms with E-state index in [1.165, 1.54) is 0 Å². The summed E-state index contributed by atoms with van der Waals surface area (Å²) in [7, 11) is 0. The van der Waals surface area contributed by atoms with Gasteiger partial charge in [0.2, 0.25) is 0 Å². The highest BCUT2D eigenvalue weighted by Gasteiger charge is 2.05. The number of halogens is 3. The van der Waals surface area contributed by atoms with Crippen LogP contribution in [0.25, 0.3) is 10.2 Å². The predicted molar refractivity (Wildman–Crippen MR) is 84.4 cm³/mol. The van der Waals surface area contributed by atoms with Gasteiger partial charge in [0.15, 0.2) is 5.13 Å². The van der Waals surface area contributed by atoms with Gasteiger partial charge >= 0.3 is 0 Å². The molecule has 2 aromatic carbocycles. The Morgan fingerprint density at radius 2 is 1.63 bits per heavy atom. The Hall–Kier alpha value is -1.00. The van der Waals surface area contributed by atoms with Gasteiger partial charge in [-0.3, -0.25) is 0 Å². The molecule has 1 heterocycles. The second-order valence-corrected chi connectivity index (χ2v) is 6.25. The molecular weight excluding hydrogens is 323 g/mol. The summed E-state index contributed by atoms with van der Waals surface area (Å²) >= 11 is 19.4. The molecule has 0 amide bonds. The minimum atomic E-state index is 0.583. The highest BCUT2D eigenvalue weighted by Crippen LogP contribution is 2.31. The lowest BCUT2D eigenvalue weighted by Crippen LogP contribution is -1.88. The second-order valence-electron chi connectivity index (χ2n) is 3.91. The van der Waals surface area contributed by atoms with Gasteiger partial charge in [-0.25, -0.2) is 4.98 Å². The molecule has 0 saturated heterocycles. The number of nitrogens with one attached hydrogen (secondary N) is 1. The number of thiazole rings is 1. The van der Waals surface area contributed by atoms with Crippen molar-refractivity contribution < 1.29 is 0 Å². The summed E-state index contributed by atoms with van der Waals surface area (Å²) in [6.07, 6.45) is 0. The van der Waals surface area contributed by atoms with Crippen LogP contribution in [0.15, 0.2) is 36.4 Å². The number of fused-ring (bicyclic) bond motifs is 1. The Kier molecular flexibility index (Phi) is 3.54. The fourth-order valence-corrected chi connectivity index (χ4v) is 3.26. The summed E-state index contributed by atoms with van der Waals surface area (Å²) in [5.74, 6) is 0. The lowest BCUT2D eigenvalue weighted by molar-refractivity contribution is 1.44. The van der Waals surface area contributed by atoms with Crippen LogP contribution in [0.4, 0.5) is 10.8 Å². The molecule has 2 nitrogen and oxygen atoms in total. The lowest BCUT2D eigenvalue weighted by atomic mass is 10.3. The van der Waals surface area contributed by atoms with Crippen molar-refractivity contribution in [2.24, 2.45) is 0 Å². The minimum absolute atomic E-state index is 0.583. The van der Waals surface area contributed by atoms with Gasteiger partial charge in [0.25, 0.3) is 0 Å². The van der Waals surface area contributed by atoms with Gasteiger partial charge in [-0.15, -0.1) is 0 Å². The van der Waals surface area contributed by atoms with E-state index in [0.29, 0.717) is 15.1 Å². The number of anilines is 2. The van der Waals surface area contributed by atoms with Crippen molar-refractivity contribution in [3.63, 3.8) is 0 Å². The topological polar surface area (TPSA) is 24.9 Å². The van der Waals surface area contributed by atoms with E-state index in [2.05, 4.69) is 10.3 Å². The Balaban J connectivity index is 1.96. The molecule has 0 aliphatic rings. The highest BCUT2D eigenvalue weighted by molar-refractivity contribution is 7.22. The van der Waals surface area contributed by atoms with Crippen LogP contribution in [-0.2, 0) is 0 Å². The van der Waals surface area contributed by atoms with Gasteiger partial charge < -0.3 is 5.32 Å². The normalized spacial score (nSPS) is 10.9. The van der Waals surface area contributed by atoms with Gasteiger partial charge in [0.05, 0.1) is 10.2 Å². The molecule has 0 aliphatic carbocycles. The Morgan fingerprint density at radius 3 is 2.37 bits per heavy atom. The third-order valence-corrected chi connectivity index (χ3v) is 4.09. The molecule has 96 valence electrons. The third-order valence-electron chi connectivity index (χ3n) is 2.46. The first-order valence-corrected chi connectivity index (χ1v) is 7.34. The molecule has 0 spiro atoms. The molecule has 1 N–H and O–H groups in total. The molecule has 0 saturated carbocycles. The first kappa shape index (κ1) is 13.0. The van der Waals surface area contributed by atoms with Crippen molar-refractivity contribution >= 4 is 67.2 Å². The van der Waals surface area contributed by atoms with E-state index in [9.17, 15) is 0 Å². The zero-order chi connectivity index (χ0) is 13.4. The molecule has 0 atom stereocenters. The molecule has 0 fully saturated rings. The predicted octanol–water partition coefficient (Wildman–Crippen LogP) is 6.00. The van der Waals surface area contributed by atoms with Crippen molar-refractivity contribution in [1.82, 2.24) is 4.98 Å². The molecule has 0 unspecified atom stereocenters. The van der Waals surface area contributed by atoms with Crippen molar-refractivity contribution in [1.29, 1.82) is 0 Å². The van der Waals surface area contributed by atoms with Gasteiger partial charge in [-0.2, -0.15) is 0 Å². The molecule has 1 aromatic heterocycles. The second kappa shape index (κ2) is 5.17. The fourth-order valence-electron chi connectivity index (χ4n) is 1.70. The van der Waals surface area contributed by atoms with Crippen LogP contribution in [0.5, 0.6) is 0 Å². The van der Waals surface area contributed by atoms with Crippen LogP contribution in [-0.4, -0.2) is 4.98 Å². The summed E-state index contributed by atoms with van der Waals surface area (Å²) in [4.78, 5) is 4.46. The maximum absolute atomic E-state index is 5.96. The van der Waals surface area contributed by atoms with Crippen LogP contribution in [0.1, 0.15) is 0 Å². The zero-order valence-electron chi connectivity index (χ0n) is 9.45. The summed E-state index contributed by atoms with van der Waals surface area (Å²) in [5.41, 5.74) is 1.68. The average Bonchev–Trinajstić information content (AvgIpc) is 2.68. The molecule has 3 aromatic rings. The van der Waals surface area contributed by atoms with Crippen LogP contribution in [0, 0.1) is 0 Å². The van der Waals surface area contributed by atoms with Crippen LogP contribution < -0.4 is 5.32 Å². The number of nitrogens with zero attached hydrogens (tertiary/aromatic N) is 1. The molecule has 0 bridgehead atoms. The van der Waals surface area contributed by atoms with E-state index >= 15 is 0 Å². The van der Waals surface area contributed by atoms with E-state index in [1.54, 1.807) is 29.5 Å². The monoisotopic (exact) mass is 328 g/mol. The highest BCUT2D eigenvalue weighted by atomic mass is 35.5. The Labute approximate surface area is 128 Å². The summed E-state index contributed by atoms with van der Waals surface area (Å²) in [5, 5.41) is 5.80. The van der Waals surface area contributed by atoms with Crippen molar-refractivity contribution in [2.45, 2.75) is 0 Å². The summed E-state index contributed by atoms with van der Waals surface area (Å²) < 4.78 is 1.07. The maximum Gasteiger partial charge on any atom is 0.188 e. The van der Waals surface area contributed by atoms with Crippen LogP contribution >= 0.6 is 46.1 Å². The first-order chi connectivity index (χ1) is 9.10. The summed E-state index contributed by atoms with van der Waals surface area (Å²) in [6.45, 7) is 0. The molecule has 0 radical (unpaired) electrons. The van der Waals surface area contributed by atoms with Crippen molar-refractivity contribution in [3.05, 3.63) is 51.5 Å². The zero-order valence-corrected chi connectivity index (χ0v) is 12.5. The molecule has 3 rings (SSSR count). The van der Waals surface area contributed by atoms with Gasteiger partial charge in [-0.1, -0.05) is 46.1 Å². The SMILES string of the molecule is Clc1cc(Cl)cc(Nc2nc3cc(Cl)ccc3s2)c1. The van der Waals surface area contributed by atoms with Gasteiger partial charge in [0, 0.05) is 20.8 Å². The molecule has 6 heteroatoms. The first-order valence-electron chi connectivity index (χ1n) is 5.39. The largest absolute Gasteiger partial charge is 0.331 e. The van der Waals surface area contributed by atoms with E-state index in [1.807, 2.05) is 18.2 Å². The molecule has 0 aliphatic heterocycles. The Bertz CT molecular complexity index is 734. The minimum Gasteiger partial charge on any atom is -0.331 e. The maximum atomic E-state index is 5.96. The lowest BCUT2D eigenvalue weighted by Gasteiger charge is -2.03. The molecular formula is C13H7Cl3N2S. The fraction of sp³-hybridized carbons (Fsp3) is 0. The number of benzene rings is 2. The van der Waals surface area contributed by atoms with Gasteiger partial charge in [-0.05, 0) is 36.4 Å². The van der Waals surface area contributed by atoms with E-state index in [-0.39, 0.29) is 0 Å². The Morgan fingerprint density at radius 1 is 0.895 bits per heavy atom. The van der Waals surface area contributed by atoms with Gasteiger partial charge in [0.1, 0.15) is 0 Å². The van der Waals surface area contributed by atoms with Crippen molar-refractivity contribution in [2.75, 3.05) is 5.32 Å². The van der Waals surface area contributed by atoms with Crippen molar-refractivity contribution in [3.8, 4) is 0 Å². The standard InChI is InChI=1S/C13H7Cl3N2S/c14-7-1-2-12-11(6-7)18-13(19-12)17-10-4-8(15)3-9(16)5-10/h1-6H,(H,17,18). The summed E-state index contributed by atoms with van der Waals surface area (Å²) in [6, 6.07) is 10.9. The van der Waals surface area contributed by atoms with E-state index < -0.39 is 0 Å².